The number of carbonyl (C=O) groups is 3. The number of fused-ring (bicyclic) bond motifs is 4. The molecular weight excluding hydrogens is 460 g/mol. The van der Waals surface area contributed by atoms with Gasteiger partial charge in [-0.2, -0.15) is 0 Å². The van der Waals surface area contributed by atoms with E-state index < -0.39 is 6.17 Å². The zero-order valence-corrected chi connectivity index (χ0v) is 18.1. The quantitative estimate of drug-likeness (QED) is 0.565. The molecule has 0 saturated carbocycles. The molecule has 0 aliphatic carbocycles. The Kier molecular flexibility index (Phi) is 4.63. The van der Waals surface area contributed by atoms with E-state index in [1.807, 2.05) is 12.1 Å². The van der Waals surface area contributed by atoms with Crippen molar-refractivity contribution < 1.29 is 19.1 Å². The Bertz CT molecular complexity index is 1240. The van der Waals surface area contributed by atoms with Gasteiger partial charge in [-0.1, -0.05) is 46.3 Å². The highest BCUT2D eigenvalue weighted by Gasteiger charge is 2.49. The molecule has 0 fully saturated rings. The standard InChI is InChI=1S/C24H17BrN2O4/c1-31-16-9-6-14(7-10-16)13-26-22-21(28)17-4-2-3-5-18(17)24(30)27(22)20-11-8-15(25)12-19(20)23(26)29/h2-12,22H,13H2,1H3. The van der Waals surface area contributed by atoms with Crippen molar-refractivity contribution in [2.45, 2.75) is 12.7 Å². The van der Waals surface area contributed by atoms with Crippen LogP contribution in [0.2, 0.25) is 0 Å². The molecule has 31 heavy (non-hydrogen) atoms. The van der Waals surface area contributed by atoms with Gasteiger partial charge in [-0.25, -0.2) is 0 Å². The molecule has 3 aromatic carbocycles. The maximum atomic E-state index is 13.5. The molecule has 0 saturated heterocycles. The Hall–Kier alpha value is -3.45. The van der Waals surface area contributed by atoms with Crippen LogP contribution < -0.4 is 9.64 Å². The first-order chi connectivity index (χ1) is 15.0. The summed E-state index contributed by atoms with van der Waals surface area (Å²) in [7, 11) is 1.58. The van der Waals surface area contributed by atoms with Gasteiger partial charge in [-0.15, -0.1) is 0 Å². The minimum Gasteiger partial charge on any atom is -0.497 e. The van der Waals surface area contributed by atoms with Crippen molar-refractivity contribution in [1.82, 2.24) is 4.90 Å². The molecule has 0 radical (unpaired) electrons. The zero-order valence-electron chi connectivity index (χ0n) is 16.5. The van der Waals surface area contributed by atoms with Crippen LogP contribution in [0.1, 0.15) is 36.6 Å². The number of halogens is 1. The SMILES string of the molecule is COc1ccc(CN2C(=O)c3cc(Br)ccc3N3C(=O)c4ccccc4C(=O)C23)cc1. The minimum atomic E-state index is -1.04. The van der Waals surface area contributed by atoms with Crippen LogP contribution in [0.25, 0.3) is 0 Å². The molecule has 1 atom stereocenters. The van der Waals surface area contributed by atoms with E-state index in [0.717, 1.165) is 10.0 Å². The Labute approximate surface area is 187 Å². The van der Waals surface area contributed by atoms with Gasteiger partial charge in [0.1, 0.15) is 5.75 Å². The lowest BCUT2D eigenvalue weighted by Crippen LogP contribution is -2.63. The summed E-state index contributed by atoms with van der Waals surface area (Å²) >= 11 is 3.41. The van der Waals surface area contributed by atoms with Crippen molar-refractivity contribution in [1.29, 1.82) is 0 Å². The van der Waals surface area contributed by atoms with Crippen molar-refractivity contribution in [3.63, 3.8) is 0 Å². The van der Waals surface area contributed by atoms with Crippen LogP contribution in [0, 0.1) is 0 Å². The highest BCUT2D eigenvalue weighted by Crippen LogP contribution is 2.39. The first-order valence-electron chi connectivity index (χ1n) is 9.70. The first kappa shape index (κ1) is 19.5. The number of benzene rings is 3. The maximum Gasteiger partial charge on any atom is 0.261 e. The van der Waals surface area contributed by atoms with Crippen molar-refractivity contribution in [2.24, 2.45) is 0 Å². The van der Waals surface area contributed by atoms with Crippen molar-refractivity contribution in [3.05, 3.63) is 93.5 Å². The normalized spacial score (nSPS) is 17.2. The molecule has 7 heteroatoms. The fourth-order valence-corrected chi connectivity index (χ4v) is 4.51. The van der Waals surface area contributed by atoms with E-state index in [0.29, 0.717) is 28.1 Å². The molecule has 1 unspecified atom stereocenters. The summed E-state index contributed by atoms with van der Waals surface area (Å²) in [6.07, 6.45) is -1.04. The number of methoxy groups -OCH3 is 1. The third-order valence-electron chi connectivity index (χ3n) is 5.64. The molecule has 154 valence electrons. The van der Waals surface area contributed by atoms with Gasteiger partial charge in [-0.3, -0.25) is 19.3 Å². The Balaban J connectivity index is 1.66. The smallest absolute Gasteiger partial charge is 0.261 e. The van der Waals surface area contributed by atoms with E-state index >= 15 is 0 Å². The molecular formula is C24H17BrN2O4. The zero-order chi connectivity index (χ0) is 21.7. The lowest BCUT2D eigenvalue weighted by Gasteiger charge is -2.45. The predicted octanol–water partition coefficient (Wildman–Crippen LogP) is 4.28. The average Bonchev–Trinajstić information content (AvgIpc) is 2.80. The van der Waals surface area contributed by atoms with Gasteiger partial charge in [0.15, 0.2) is 6.17 Å². The Morgan fingerprint density at radius 2 is 1.58 bits per heavy atom. The molecule has 0 spiro atoms. The second-order valence-corrected chi connectivity index (χ2v) is 8.32. The Morgan fingerprint density at radius 1 is 0.871 bits per heavy atom. The number of nitrogens with zero attached hydrogens (tertiary/aromatic N) is 2. The third-order valence-corrected chi connectivity index (χ3v) is 6.13. The number of rotatable bonds is 3. The number of hydrogen-bond acceptors (Lipinski definition) is 4. The highest BCUT2D eigenvalue weighted by molar-refractivity contribution is 9.10. The van der Waals surface area contributed by atoms with Gasteiger partial charge in [0.2, 0.25) is 5.78 Å². The summed E-state index contributed by atoms with van der Waals surface area (Å²) in [4.78, 5) is 43.4. The number of amides is 2. The van der Waals surface area contributed by atoms with Crippen LogP contribution in [0.3, 0.4) is 0 Å². The van der Waals surface area contributed by atoms with Gasteiger partial charge < -0.3 is 9.64 Å². The monoisotopic (exact) mass is 476 g/mol. The molecule has 2 amide bonds. The van der Waals surface area contributed by atoms with E-state index in [-0.39, 0.29) is 24.1 Å². The number of carbonyl (C=O) groups excluding carboxylic acids is 3. The molecule has 0 aromatic heterocycles. The van der Waals surface area contributed by atoms with E-state index in [9.17, 15) is 14.4 Å². The van der Waals surface area contributed by atoms with Crippen LogP contribution in [-0.4, -0.2) is 35.8 Å². The first-order valence-corrected chi connectivity index (χ1v) is 10.5. The van der Waals surface area contributed by atoms with Gasteiger partial charge in [0.25, 0.3) is 11.8 Å². The Morgan fingerprint density at radius 3 is 2.29 bits per heavy atom. The number of anilines is 1. The molecule has 3 aromatic rings. The van der Waals surface area contributed by atoms with Crippen molar-refractivity contribution >= 4 is 39.2 Å². The second kappa shape index (κ2) is 7.35. The van der Waals surface area contributed by atoms with Crippen molar-refractivity contribution in [3.8, 4) is 5.75 Å². The molecule has 0 bridgehead atoms. The molecule has 6 nitrogen and oxygen atoms in total. The van der Waals surface area contributed by atoms with Crippen LogP contribution in [-0.2, 0) is 6.54 Å². The number of hydrogen-bond donors (Lipinski definition) is 0. The van der Waals surface area contributed by atoms with Gasteiger partial charge in [-0.05, 0) is 42.0 Å². The number of Topliss-reactive ketones (excluding diaryl/α,β-unsaturated/α-hetero) is 1. The van der Waals surface area contributed by atoms with E-state index in [1.165, 1.54) is 9.80 Å². The maximum absolute atomic E-state index is 13.5. The van der Waals surface area contributed by atoms with Crippen molar-refractivity contribution in [2.75, 3.05) is 12.0 Å². The van der Waals surface area contributed by atoms with E-state index in [4.69, 9.17) is 4.74 Å². The molecule has 2 aliphatic heterocycles. The summed E-state index contributed by atoms with van der Waals surface area (Å²) in [5.41, 5.74) is 2.32. The summed E-state index contributed by atoms with van der Waals surface area (Å²) in [5.74, 6) is -0.169. The number of ketones is 1. The fourth-order valence-electron chi connectivity index (χ4n) is 4.15. The van der Waals surface area contributed by atoms with E-state index in [1.54, 1.807) is 61.7 Å². The molecule has 2 heterocycles. The predicted molar refractivity (Wildman–Crippen MR) is 118 cm³/mol. The number of ether oxygens (including phenoxy) is 1. The average molecular weight is 477 g/mol. The minimum absolute atomic E-state index is 0.178. The van der Waals surface area contributed by atoms with Crippen LogP contribution in [0.15, 0.2) is 71.2 Å². The van der Waals surface area contributed by atoms with Crippen LogP contribution >= 0.6 is 15.9 Å². The summed E-state index contributed by atoms with van der Waals surface area (Å²) in [5, 5.41) is 0. The third kappa shape index (κ3) is 3.04. The van der Waals surface area contributed by atoms with Gasteiger partial charge in [0, 0.05) is 16.6 Å². The van der Waals surface area contributed by atoms with Gasteiger partial charge >= 0.3 is 0 Å². The van der Waals surface area contributed by atoms with Crippen LogP contribution in [0.5, 0.6) is 5.75 Å². The molecule has 5 rings (SSSR count). The second-order valence-electron chi connectivity index (χ2n) is 7.40. The topological polar surface area (TPSA) is 66.9 Å². The summed E-state index contributed by atoms with van der Waals surface area (Å²) in [6.45, 7) is 0.178. The molecule has 0 N–H and O–H groups in total. The molecule has 2 aliphatic rings. The van der Waals surface area contributed by atoms with E-state index in [2.05, 4.69) is 15.9 Å². The lowest BCUT2D eigenvalue weighted by atomic mass is 9.91. The fraction of sp³-hybridized carbons (Fsp3) is 0.125. The summed E-state index contributed by atoms with van der Waals surface area (Å²) in [6, 6.07) is 19.2. The lowest BCUT2D eigenvalue weighted by molar-refractivity contribution is 0.0539. The highest BCUT2D eigenvalue weighted by atomic mass is 79.9. The summed E-state index contributed by atoms with van der Waals surface area (Å²) < 4.78 is 5.92. The largest absolute Gasteiger partial charge is 0.497 e. The van der Waals surface area contributed by atoms with Gasteiger partial charge in [0.05, 0.1) is 23.9 Å². The van der Waals surface area contributed by atoms with Crippen LogP contribution in [0.4, 0.5) is 5.69 Å².